The van der Waals surface area contributed by atoms with Crippen LogP contribution in [0.3, 0.4) is 0 Å². The topological polar surface area (TPSA) is 103 Å². The van der Waals surface area contributed by atoms with Gasteiger partial charge in [-0.2, -0.15) is 0 Å². The molecule has 1 aliphatic carbocycles. The molecule has 2 N–H and O–H groups in total. The van der Waals surface area contributed by atoms with Crippen LogP contribution in [0.15, 0.2) is 17.3 Å². The summed E-state index contributed by atoms with van der Waals surface area (Å²) in [5.74, 6) is 2.41. The van der Waals surface area contributed by atoms with Crippen LogP contribution in [0.2, 0.25) is 0 Å². The maximum absolute atomic E-state index is 12.1. The molecule has 0 bridgehead atoms. The average molecular weight is 372 g/mol. The number of hydrogen-bond acceptors (Lipinski definition) is 7. The number of aliphatic imine (C=N–C) groups is 1. The summed E-state index contributed by atoms with van der Waals surface area (Å²) in [5.41, 5.74) is 0. The second-order valence-corrected chi connectivity index (χ2v) is 7.68. The van der Waals surface area contributed by atoms with E-state index >= 15 is 0 Å². The smallest absolute Gasteiger partial charge is 0.407 e. The van der Waals surface area contributed by atoms with Crippen molar-refractivity contribution >= 4 is 12.3 Å². The van der Waals surface area contributed by atoms with Crippen LogP contribution in [-0.2, 0) is 9.47 Å². The molecule has 0 spiro atoms. The van der Waals surface area contributed by atoms with Crippen molar-refractivity contribution in [1.29, 1.82) is 0 Å². The van der Waals surface area contributed by atoms with Gasteiger partial charge in [-0.3, -0.25) is 9.56 Å². The summed E-state index contributed by atoms with van der Waals surface area (Å²) in [6, 6.07) is 0.187. The normalized spacial score (nSPS) is 33.9. The summed E-state index contributed by atoms with van der Waals surface area (Å²) in [6.07, 6.45) is 8.05. The van der Waals surface area contributed by atoms with E-state index in [0.29, 0.717) is 19.1 Å². The number of ether oxygens (including phenoxy) is 2. The van der Waals surface area contributed by atoms with E-state index in [1.54, 1.807) is 6.21 Å². The van der Waals surface area contributed by atoms with Gasteiger partial charge in [0.2, 0.25) is 0 Å². The highest BCUT2D eigenvalue weighted by Gasteiger charge is 2.42. The monoisotopic (exact) mass is 372 g/mol. The summed E-state index contributed by atoms with van der Waals surface area (Å²) in [4.78, 5) is 16.6. The molecule has 4 aliphatic rings. The number of aromatic nitrogens is 3. The minimum absolute atomic E-state index is 0.0104. The van der Waals surface area contributed by atoms with Gasteiger partial charge in [0.1, 0.15) is 18.1 Å². The number of hydrogen-bond donors (Lipinski definition) is 2. The van der Waals surface area contributed by atoms with Gasteiger partial charge in [-0.25, -0.2) is 4.79 Å². The molecular formula is C18H24N6O3. The van der Waals surface area contributed by atoms with Crippen molar-refractivity contribution in [3.63, 3.8) is 0 Å². The van der Waals surface area contributed by atoms with Gasteiger partial charge < -0.3 is 20.1 Å². The quantitative estimate of drug-likeness (QED) is 0.820. The van der Waals surface area contributed by atoms with Gasteiger partial charge in [0.15, 0.2) is 5.82 Å². The van der Waals surface area contributed by atoms with E-state index in [2.05, 4.69) is 43.4 Å². The molecule has 1 saturated carbocycles. The standard InChI is InChI=1S/C18H24N6O3/c1-2-10-5-12(27-18(25)21-11-8-26-9-11)6-13(10)17-23-22-15-7-20-16-14(24(15)17)3-4-19-16/h3-4,7,10-14,16,19H,2,5-6,8-9H2,1H3,(H,21,25)/t10-,12-,13+,14?,16?/m1/s1. The second-order valence-electron chi connectivity index (χ2n) is 7.68. The zero-order chi connectivity index (χ0) is 18.4. The molecule has 1 amide bonds. The first-order valence-electron chi connectivity index (χ1n) is 9.68. The maximum Gasteiger partial charge on any atom is 0.407 e. The van der Waals surface area contributed by atoms with Gasteiger partial charge in [-0.05, 0) is 31.0 Å². The number of carbonyl (C=O) groups excluding carboxylic acids is 1. The highest BCUT2D eigenvalue weighted by molar-refractivity contribution is 5.76. The molecule has 0 aromatic carbocycles. The first-order valence-corrected chi connectivity index (χ1v) is 9.68. The Hall–Kier alpha value is -2.42. The van der Waals surface area contributed by atoms with E-state index in [4.69, 9.17) is 9.47 Å². The fourth-order valence-electron chi connectivity index (χ4n) is 4.53. The van der Waals surface area contributed by atoms with Gasteiger partial charge >= 0.3 is 6.09 Å². The van der Waals surface area contributed by atoms with Gasteiger partial charge in [0.05, 0.1) is 31.5 Å². The van der Waals surface area contributed by atoms with Crippen LogP contribution >= 0.6 is 0 Å². The molecule has 0 radical (unpaired) electrons. The zero-order valence-corrected chi connectivity index (χ0v) is 15.2. The molecule has 9 nitrogen and oxygen atoms in total. The molecule has 2 fully saturated rings. The molecule has 5 rings (SSSR count). The van der Waals surface area contributed by atoms with E-state index in [1.165, 1.54) is 0 Å². The van der Waals surface area contributed by atoms with Crippen LogP contribution in [-0.4, -0.2) is 58.6 Å². The van der Waals surface area contributed by atoms with Gasteiger partial charge in [-0.1, -0.05) is 13.3 Å². The van der Waals surface area contributed by atoms with Crippen LogP contribution in [0.1, 0.15) is 49.8 Å². The van der Waals surface area contributed by atoms with Crippen LogP contribution in [0.25, 0.3) is 0 Å². The molecule has 5 atom stereocenters. The minimum Gasteiger partial charge on any atom is -0.446 e. The molecule has 2 unspecified atom stereocenters. The summed E-state index contributed by atoms with van der Waals surface area (Å²) >= 11 is 0. The average Bonchev–Trinajstić information content (AvgIpc) is 3.34. The first-order chi connectivity index (χ1) is 13.2. The first kappa shape index (κ1) is 16.7. The van der Waals surface area contributed by atoms with Gasteiger partial charge in [-0.15, -0.1) is 10.2 Å². The summed E-state index contributed by atoms with van der Waals surface area (Å²) in [6.45, 7) is 3.32. The van der Waals surface area contributed by atoms with Crippen molar-refractivity contribution in [2.24, 2.45) is 10.9 Å². The minimum atomic E-state index is -0.345. The Labute approximate surface area is 157 Å². The van der Waals surface area contributed by atoms with Crippen molar-refractivity contribution in [1.82, 2.24) is 25.4 Å². The third kappa shape index (κ3) is 2.90. The van der Waals surface area contributed by atoms with Crippen molar-refractivity contribution in [3.8, 4) is 0 Å². The highest BCUT2D eigenvalue weighted by Crippen LogP contribution is 2.43. The predicted molar refractivity (Wildman–Crippen MR) is 96.5 cm³/mol. The summed E-state index contributed by atoms with van der Waals surface area (Å²) in [7, 11) is 0. The number of amides is 1. The molecule has 1 aromatic rings. The molecule has 27 heavy (non-hydrogen) atoms. The third-order valence-corrected chi connectivity index (χ3v) is 6.02. The molecule has 1 aromatic heterocycles. The van der Waals surface area contributed by atoms with Crippen LogP contribution in [0.5, 0.6) is 0 Å². The lowest BCUT2D eigenvalue weighted by molar-refractivity contribution is -0.00845. The Morgan fingerprint density at radius 1 is 1.41 bits per heavy atom. The van der Waals surface area contributed by atoms with Crippen LogP contribution in [0, 0.1) is 5.92 Å². The van der Waals surface area contributed by atoms with Crippen molar-refractivity contribution in [2.75, 3.05) is 13.2 Å². The molecule has 9 heteroatoms. The number of nitrogens with one attached hydrogen (secondary N) is 2. The molecular weight excluding hydrogens is 348 g/mol. The fraction of sp³-hybridized carbons (Fsp3) is 0.667. The Balaban J connectivity index is 1.33. The Morgan fingerprint density at radius 2 is 2.30 bits per heavy atom. The lowest BCUT2D eigenvalue weighted by Crippen LogP contribution is -2.49. The SMILES string of the molecule is CC[C@@H]1C[C@@H](OC(=O)NC2COC2)C[C@@H]1c1nnc2n1C1C=CNC1N=C2. The summed E-state index contributed by atoms with van der Waals surface area (Å²) in [5, 5.41) is 15.0. The van der Waals surface area contributed by atoms with Crippen LogP contribution in [0.4, 0.5) is 4.79 Å². The number of carbonyl (C=O) groups is 1. The number of alkyl carbamates (subject to hydrolysis) is 1. The van der Waals surface area contributed by atoms with Crippen molar-refractivity contribution in [3.05, 3.63) is 23.9 Å². The van der Waals surface area contributed by atoms with E-state index in [1.807, 2.05) is 6.20 Å². The van der Waals surface area contributed by atoms with Crippen molar-refractivity contribution in [2.45, 2.75) is 56.5 Å². The lowest BCUT2D eigenvalue weighted by Gasteiger charge is -2.27. The third-order valence-electron chi connectivity index (χ3n) is 6.02. The number of nitrogens with zero attached hydrogens (tertiary/aromatic N) is 4. The zero-order valence-electron chi connectivity index (χ0n) is 15.2. The largest absolute Gasteiger partial charge is 0.446 e. The van der Waals surface area contributed by atoms with Gasteiger partial charge in [0, 0.05) is 5.92 Å². The molecule has 3 aliphatic heterocycles. The summed E-state index contributed by atoms with van der Waals surface area (Å²) < 4.78 is 13.0. The van der Waals surface area contributed by atoms with E-state index < -0.39 is 0 Å². The lowest BCUT2D eigenvalue weighted by atomic mass is 9.92. The second kappa shape index (κ2) is 6.63. The Bertz CT molecular complexity index is 786. The van der Waals surface area contributed by atoms with E-state index in [9.17, 15) is 4.79 Å². The van der Waals surface area contributed by atoms with Crippen LogP contribution < -0.4 is 10.6 Å². The van der Waals surface area contributed by atoms with E-state index in [0.717, 1.165) is 30.9 Å². The Morgan fingerprint density at radius 3 is 3.07 bits per heavy atom. The van der Waals surface area contributed by atoms with Crippen molar-refractivity contribution < 1.29 is 14.3 Å². The Kier molecular flexibility index (Phi) is 4.11. The van der Waals surface area contributed by atoms with Gasteiger partial charge in [0.25, 0.3) is 0 Å². The predicted octanol–water partition coefficient (Wildman–Crippen LogP) is 1.09. The highest BCUT2D eigenvalue weighted by atomic mass is 16.6. The molecule has 144 valence electrons. The molecule has 1 saturated heterocycles. The molecule has 4 heterocycles. The number of rotatable bonds is 4. The number of fused-ring (bicyclic) bond motifs is 3. The fourth-order valence-corrected chi connectivity index (χ4v) is 4.53. The maximum atomic E-state index is 12.1. The van der Waals surface area contributed by atoms with E-state index in [-0.39, 0.29) is 36.4 Å².